The Bertz CT molecular complexity index is 80.4. The molecule has 1 aliphatic carbocycles. The van der Waals surface area contributed by atoms with Crippen LogP contribution in [0.25, 0.3) is 0 Å². The third kappa shape index (κ3) is 1.32. The van der Waals surface area contributed by atoms with Crippen molar-refractivity contribution in [3.05, 3.63) is 0 Å². The molecule has 1 fully saturated rings. The predicted octanol–water partition coefficient (Wildman–Crippen LogP) is 2.02. The Morgan fingerprint density at radius 3 is 2.50 bits per heavy atom. The summed E-state index contributed by atoms with van der Waals surface area (Å²) in [4.78, 5) is 4.30. The van der Waals surface area contributed by atoms with Gasteiger partial charge < -0.3 is 0 Å². The normalized spacial score (nSPS) is 23.1. The average Bonchev–Trinajstić information content (AvgIpc) is 2.19. The van der Waals surface area contributed by atoms with Crippen molar-refractivity contribution in [3.63, 3.8) is 0 Å². The smallest absolute Gasteiger partial charge is 0.0495 e. The van der Waals surface area contributed by atoms with Crippen molar-refractivity contribution in [2.24, 2.45) is 4.99 Å². The van der Waals surface area contributed by atoms with E-state index in [1.165, 1.54) is 25.7 Å². The van der Waals surface area contributed by atoms with Crippen LogP contribution in [0.2, 0.25) is 0 Å². The maximum absolute atomic E-state index is 4.30. The van der Waals surface area contributed by atoms with E-state index in [2.05, 4.69) is 4.99 Å². The molecule has 1 aliphatic rings. The van der Waals surface area contributed by atoms with Gasteiger partial charge >= 0.3 is 0 Å². The number of aliphatic imine (C=N–C) groups is 1. The van der Waals surface area contributed by atoms with Gasteiger partial charge in [-0.15, -0.1) is 0 Å². The van der Waals surface area contributed by atoms with Gasteiger partial charge in [0.05, 0.1) is 0 Å². The zero-order chi connectivity index (χ0) is 5.82. The van der Waals surface area contributed by atoms with Crippen LogP contribution in [-0.4, -0.2) is 12.3 Å². The second-order valence-electron chi connectivity index (χ2n) is 2.35. The van der Waals surface area contributed by atoms with E-state index in [0.29, 0.717) is 6.04 Å². The lowest BCUT2D eigenvalue weighted by Crippen LogP contribution is -1.93. The Morgan fingerprint density at radius 1 is 1.38 bits per heavy atom. The van der Waals surface area contributed by atoms with Crippen LogP contribution >= 0.6 is 0 Å². The molecular weight excluding hydrogens is 98.1 g/mol. The lowest BCUT2D eigenvalue weighted by molar-refractivity contribution is 0.709. The molecule has 1 heteroatoms. The number of hydrogen-bond donors (Lipinski definition) is 0. The topological polar surface area (TPSA) is 12.4 Å². The molecule has 0 saturated heterocycles. The van der Waals surface area contributed by atoms with E-state index in [0.717, 1.165) is 0 Å². The minimum Gasteiger partial charge on any atom is -0.295 e. The summed E-state index contributed by atoms with van der Waals surface area (Å²) in [5.41, 5.74) is 0. The largest absolute Gasteiger partial charge is 0.295 e. The van der Waals surface area contributed by atoms with Crippen molar-refractivity contribution in [2.75, 3.05) is 0 Å². The van der Waals surface area contributed by atoms with E-state index in [4.69, 9.17) is 0 Å². The van der Waals surface area contributed by atoms with E-state index in [1.54, 1.807) is 0 Å². The monoisotopic (exact) mass is 111 g/mol. The fourth-order valence-corrected chi connectivity index (χ4v) is 1.26. The minimum atomic E-state index is 0.681. The van der Waals surface area contributed by atoms with Crippen molar-refractivity contribution in [2.45, 2.75) is 38.6 Å². The molecule has 0 spiro atoms. The van der Waals surface area contributed by atoms with Crippen LogP contribution in [0.3, 0.4) is 0 Å². The summed E-state index contributed by atoms with van der Waals surface area (Å²) in [5.74, 6) is 0. The van der Waals surface area contributed by atoms with E-state index in [1.807, 2.05) is 13.1 Å². The molecular formula is C7H13N. The number of nitrogens with zero attached hydrogens (tertiary/aromatic N) is 1. The minimum absolute atomic E-state index is 0.681. The highest BCUT2D eigenvalue weighted by Gasteiger charge is 2.11. The van der Waals surface area contributed by atoms with Crippen LogP contribution < -0.4 is 0 Å². The summed E-state index contributed by atoms with van der Waals surface area (Å²) < 4.78 is 0. The molecule has 0 aromatic rings. The molecule has 0 aromatic carbocycles. The van der Waals surface area contributed by atoms with Crippen molar-refractivity contribution >= 4 is 6.21 Å². The van der Waals surface area contributed by atoms with Crippen molar-refractivity contribution in [1.29, 1.82) is 0 Å². The summed E-state index contributed by atoms with van der Waals surface area (Å²) in [6.07, 6.45) is 7.36. The highest BCUT2D eigenvalue weighted by atomic mass is 14.8. The zero-order valence-electron chi connectivity index (χ0n) is 5.43. The van der Waals surface area contributed by atoms with Gasteiger partial charge in [-0.3, -0.25) is 4.99 Å². The van der Waals surface area contributed by atoms with E-state index >= 15 is 0 Å². The molecule has 0 bridgehead atoms. The van der Waals surface area contributed by atoms with E-state index < -0.39 is 0 Å². The zero-order valence-corrected chi connectivity index (χ0v) is 5.43. The van der Waals surface area contributed by atoms with Crippen molar-refractivity contribution in [3.8, 4) is 0 Å². The fraction of sp³-hybridized carbons (Fsp3) is 0.857. The quantitative estimate of drug-likeness (QED) is 0.459. The van der Waals surface area contributed by atoms with Gasteiger partial charge in [0.25, 0.3) is 0 Å². The van der Waals surface area contributed by atoms with Crippen LogP contribution in [-0.2, 0) is 0 Å². The van der Waals surface area contributed by atoms with Crippen LogP contribution in [0.1, 0.15) is 32.6 Å². The summed E-state index contributed by atoms with van der Waals surface area (Å²) in [5, 5.41) is 0. The lowest BCUT2D eigenvalue weighted by Gasteiger charge is -1.96. The Kier molecular flexibility index (Phi) is 2.07. The standard InChI is InChI=1S/C7H13N/c1-2-8-7-5-3-4-6-7/h2,7H,3-6H2,1H3. The van der Waals surface area contributed by atoms with E-state index in [-0.39, 0.29) is 0 Å². The first-order chi connectivity index (χ1) is 3.93. The van der Waals surface area contributed by atoms with Gasteiger partial charge in [-0.1, -0.05) is 12.8 Å². The van der Waals surface area contributed by atoms with Crippen LogP contribution in [0.15, 0.2) is 4.99 Å². The number of rotatable bonds is 1. The van der Waals surface area contributed by atoms with Gasteiger partial charge in [-0.2, -0.15) is 0 Å². The highest BCUT2D eigenvalue weighted by Crippen LogP contribution is 2.20. The Hall–Kier alpha value is -0.330. The molecule has 1 saturated carbocycles. The lowest BCUT2D eigenvalue weighted by atomic mass is 10.3. The molecule has 46 valence electrons. The van der Waals surface area contributed by atoms with Crippen molar-refractivity contribution in [1.82, 2.24) is 0 Å². The fourth-order valence-electron chi connectivity index (χ4n) is 1.26. The SMILES string of the molecule is CC=NC1CCCC1. The molecule has 0 heterocycles. The van der Waals surface area contributed by atoms with Crippen LogP contribution in [0.5, 0.6) is 0 Å². The maximum Gasteiger partial charge on any atom is 0.0495 e. The highest BCUT2D eigenvalue weighted by molar-refractivity contribution is 5.53. The molecule has 0 radical (unpaired) electrons. The molecule has 0 aromatic heterocycles. The van der Waals surface area contributed by atoms with Gasteiger partial charge in [-0.05, 0) is 26.0 Å². The molecule has 1 rings (SSSR count). The first kappa shape index (κ1) is 5.80. The number of hydrogen-bond acceptors (Lipinski definition) is 1. The van der Waals surface area contributed by atoms with Gasteiger partial charge in [0.1, 0.15) is 0 Å². The van der Waals surface area contributed by atoms with Gasteiger partial charge in [0, 0.05) is 6.04 Å². The third-order valence-electron chi connectivity index (χ3n) is 1.68. The molecule has 0 N–H and O–H groups in total. The molecule has 0 atom stereocenters. The maximum atomic E-state index is 4.30. The summed E-state index contributed by atoms with van der Waals surface area (Å²) in [6, 6.07) is 0.681. The molecule has 0 unspecified atom stereocenters. The van der Waals surface area contributed by atoms with Crippen molar-refractivity contribution < 1.29 is 0 Å². The molecule has 0 amide bonds. The Balaban J connectivity index is 2.24. The Labute approximate surface area is 50.8 Å². The summed E-state index contributed by atoms with van der Waals surface area (Å²) in [6.45, 7) is 2.00. The molecule has 8 heavy (non-hydrogen) atoms. The first-order valence-electron chi connectivity index (χ1n) is 3.41. The van der Waals surface area contributed by atoms with Gasteiger partial charge in [0.2, 0.25) is 0 Å². The second-order valence-corrected chi connectivity index (χ2v) is 2.35. The third-order valence-corrected chi connectivity index (χ3v) is 1.68. The molecule has 0 aliphatic heterocycles. The van der Waals surface area contributed by atoms with Crippen LogP contribution in [0, 0.1) is 0 Å². The summed E-state index contributed by atoms with van der Waals surface area (Å²) >= 11 is 0. The average molecular weight is 111 g/mol. The summed E-state index contributed by atoms with van der Waals surface area (Å²) in [7, 11) is 0. The molecule has 1 nitrogen and oxygen atoms in total. The predicted molar refractivity (Wildman–Crippen MR) is 36.4 cm³/mol. The van der Waals surface area contributed by atoms with E-state index in [9.17, 15) is 0 Å². The Morgan fingerprint density at radius 2 is 2.00 bits per heavy atom. The second kappa shape index (κ2) is 2.85. The first-order valence-corrected chi connectivity index (χ1v) is 3.41. The van der Waals surface area contributed by atoms with Gasteiger partial charge in [0.15, 0.2) is 0 Å². The van der Waals surface area contributed by atoms with Gasteiger partial charge in [-0.25, -0.2) is 0 Å². The van der Waals surface area contributed by atoms with Crippen LogP contribution in [0.4, 0.5) is 0 Å².